The van der Waals surface area contributed by atoms with E-state index >= 15 is 0 Å². The summed E-state index contributed by atoms with van der Waals surface area (Å²) in [7, 11) is 0. The van der Waals surface area contributed by atoms with Gasteiger partial charge in [0, 0.05) is 24.2 Å². The summed E-state index contributed by atoms with van der Waals surface area (Å²) in [6.07, 6.45) is -13.9. The van der Waals surface area contributed by atoms with Crippen LogP contribution in [-0.4, -0.2) is 56.7 Å². The van der Waals surface area contributed by atoms with Gasteiger partial charge < -0.3 is 15.0 Å². The van der Waals surface area contributed by atoms with Gasteiger partial charge in [-0.1, -0.05) is 0 Å². The smallest absolute Gasteiger partial charge is 0.434 e. The maximum Gasteiger partial charge on any atom is 0.434 e. The molecular weight excluding hydrogens is 432 g/mol. The molecule has 0 aliphatic carbocycles. The Kier molecular flexibility index (Phi) is 6.08. The van der Waals surface area contributed by atoms with Gasteiger partial charge in [-0.25, -0.2) is 0 Å². The number of aromatic amines is 1. The molecule has 0 unspecified atom stereocenters. The molecule has 0 aliphatic heterocycles. The molecule has 2 N–H and O–H groups in total. The molecule has 0 amide bonds. The number of rotatable bonds is 7. The van der Waals surface area contributed by atoms with Gasteiger partial charge in [-0.3, -0.25) is 5.10 Å². The number of nitrogens with one attached hydrogen (secondary N) is 2. The zero-order valence-electron chi connectivity index (χ0n) is 16.2. The van der Waals surface area contributed by atoms with Crippen LogP contribution in [0.2, 0.25) is 0 Å². The van der Waals surface area contributed by atoms with Gasteiger partial charge in [0.2, 0.25) is 11.9 Å². The first kappa shape index (κ1) is 22.4. The molecule has 31 heavy (non-hydrogen) atoms. The monoisotopic (exact) mass is 449 g/mol. The standard InChI is InChI=1S/C17H17F6N7O/c1-3-24-13-26-14(28-15(27-13)31-12(16(18,19)20)17(21,22)23)30(4-2)10-6-5-9-8-25-29-11(9)7-10/h5-8,12H,3-4H2,1-2H3,(H,25,29)(H,24,26,27,28). The minimum absolute atomic E-state index is 0.189. The van der Waals surface area contributed by atoms with Crippen LogP contribution in [0.15, 0.2) is 24.4 Å². The van der Waals surface area contributed by atoms with Crippen molar-refractivity contribution in [2.45, 2.75) is 32.3 Å². The van der Waals surface area contributed by atoms with E-state index in [-0.39, 0.29) is 25.0 Å². The number of hydrogen-bond donors (Lipinski definition) is 2. The number of anilines is 3. The number of aromatic nitrogens is 5. The summed E-state index contributed by atoms with van der Waals surface area (Å²) in [5.41, 5.74) is 1.20. The molecule has 2 heterocycles. The Morgan fingerprint density at radius 1 is 1.06 bits per heavy atom. The van der Waals surface area contributed by atoms with E-state index < -0.39 is 24.5 Å². The number of benzene rings is 1. The molecular formula is C17H17F6N7O. The predicted molar refractivity (Wildman–Crippen MR) is 99.3 cm³/mol. The van der Waals surface area contributed by atoms with Crippen LogP contribution in [0, 0.1) is 0 Å². The SMILES string of the molecule is CCNc1nc(OC(C(F)(F)F)C(F)(F)F)nc(N(CC)c2ccc3cn[nH]c3c2)n1. The van der Waals surface area contributed by atoms with Gasteiger partial charge in [-0.15, -0.1) is 0 Å². The zero-order valence-corrected chi connectivity index (χ0v) is 16.2. The van der Waals surface area contributed by atoms with Crippen molar-refractivity contribution in [2.24, 2.45) is 0 Å². The third-order valence-corrected chi connectivity index (χ3v) is 4.05. The molecule has 0 spiro atoms. The average molecular weight is 449 g/mol. The van der Waals surface area contributed by atoms with E-state index in [1.807, 2.05) is 0 Å². The number of halogens is 6. The molecule has 3 aromatic rings. The van der Waals surface area contributed by atoms with Gasteiger partial charge in [-0.2, -0.15) is 46.4 Å². The number of alkyl halides is 6. The fraction of sp³-hybridized carbons (Fsp3) is 0.412. The molecule has 1 aromatic carbocycles. The lowest BCUT2D eigenvalue weighted by Gasteiger charge is -2.25. The van der Waals surface area contributed by atoms with Crippen molar-refractivity contribution in [3.8, 4) is 6.01 Å². The van der Waals surface area contributed by atoms with Crippen LogP contribution in [0.25, 0.3) is 10.9 Å². The first-order valence-corrected chi connectivity index (χ1v) is 9.03. The number of H-pyrrole nitrogens is 1. The highest BCUT2D eigenvalue weighted by molar-refractivity contribution is 5.82. The summed E-state index contributed by atoms with van der Waals surface area (Å²) in [4.78, 5) is 12.8. The van der Waals surface area contributed by atoms with Crippen LogP contribution in [0.1, 0.15) is 13.8 Å². The number of fused-ring (bicyclic) bond motifs is 1. The fourth-order valence-corrected chi connectivity index (χ4v) is 2.71. The van der Waals surface area contributed by atoms with Crippen molar-refractivity contribution in [3.05, 3.63) is 24.4 Å². The molecule has 0 aliphatic rings. The minimum atomic E-state index is -5.71. The molecule has 168 valence electrons. The highest BCUT2D eigenvalue weighted by atomic mass is 19.4. The molecule has 0 fully saturated rings. The molecule has 8 nitrogen and oxygen atoms in total. The van der Waals surface area contributed by atoms with Crippen molar-refractivity contribution in [1.82, 2.24) is 25.1 Å². The van der Waals surface area contributed by atoms with Crippen molar-refractivity contribution in [1.29, 1.82) is 0 Å². The summed E-state index contributed by atoms with van der Waals surface area (Å²) in [5, 5.41) is 10.1. The second-order valence-electron chi connectivity index (χ2n) is 6.24. The van der Waals surface area contributed by atoms with E-state index in [0.29, 0.717) is 11.2 Å². The second kappa shape index (κ2) is 8.43. The molecule has 0 saturated carbocycles. The van der Waals surface area contributed by atoms with Crippen LogP contribution in [0.5, 0.6) is 6.01 Å². The second-order valence-corrected chi connectivity index (χ2v) is 6.24. The van der Waals surface area contributed by atoms with Gasteiger partial charge >= 0.3 is 18.4 Å². The molecule has 0 saturated heterocycles. The molecule has 0 bridgehead atoms. The Morgan fingerprint density at radius 3 is 2.39 bits per heavy atom. The van der Waals surface area contributed by atoms with Crippen LogP contribution in [0.4, 0.5) is 43.9 Å². The Labute approximate surface area is 171 Å². The Bertz CT molecular complexity index is 1020. The van der Waals surface area contributed by atoms with Crippen molar-refractivity contribution in [2.75, 3.05) is 23.3 Å². The molecule has 2 aromatic heterocycles. The molecule has 0 radical (unpaired) electrons. The highest BCUT2D eigenvalue weighted by Crippen LogP contribution is 2.36. The highest BCUT2D eigenvalue weighted by Gasteiger charge is 2.59. The summed E-state index contributed by atoms with van der Waals surface area (Å²) >= 11 is 0. The van der Waals surface area contributed by atoms with Crippen LogP contribution in [0.3, 0.4) is 0 Å². The summed E-state index contributed by atoms with van der Waals surface area (Å²) in [6, 6.07) is 4.01. The predicted octanol–water partition coefficient (Wildman–Crippen LogP) is 4.21. The first-order valence-electron chi connectivity index (χ1n) is 9.03. The third kappa shape index (κ3) is 5.06. The zero-order chi connectivity index (χ0) is 22.8. The van der Waals surface area contributed by atoms with Gasteiger partial charge in [0.15, 0.2) is 0 Å². The molecule has 3 rings (SSSR count). The van der Waals surface area contributed by atoms with E-state index in [0.717, 1.165) is 5.39 Å². The van der Waals surface area contributed by atoms with Crippen molar-refractivity contribution < 1.29 is 31.1 Å². The van der Waals surface area contributed by atoms with E-state index in [4.69, 9.17) is 0 Å². The topological polar surface area (TPSA) is 91.9 Å². The molecule has 14 heteroatoms. The van der Waals surface area contributed by atoms with Crippen LogP contribution < -0.4 is 15.0 Å². The summed E-state index contributed by atoms with van der Waals surface area (Å²) < 4.78 is 81.6. The number of nitrogens with zero attached hydrogens (tertiary/aromatic N) is 5. The fourth-order valence-electron chi connectivity index (χ4n) is 2.71. The van der Waals surface area contributed by atoms with Gasteiger partial charge in [0.1, 0.15) is 0 Å². The summed E-state index contributed by atoms with van der Waals surface area (Å²) in [6.45, 7) is 3.87. The van der Waals surface area contributed by atoms with Gasteiger partial charge in [-0.05, 0) is 32.0 Å². The van der Waals surface area contributed by atoms with E-state index in [2.05, 4.69) is 35.2 Å². The largest absolute Gasteiger partial charge is 0.440 e. The average Bonchev–Trinajstić information content (AvgIpc) is 3.13. The number of ether oxygens (including phenoxy) is 1. The molecule has 0 atom stereocenters. The Balaban J connectivity index is 2.03. The van der Waals surface area contributed by atoms with E-state index in [1.54, 1.807) is 38.2 Å². The number of hydrogen-bond acceptors (Lipinski definition) is 7. The first-order chi connectivity index (χ1) is 14.5. The third-order valence-electron chi connectivity index (χ3n) is 4.05. The lowest BCUT2D eigenvalue weighted by molar-refractivity contribution is -0.301. The van der Waals surface area contributed by atoms with Crippen molar-refractivity contribution >= 4 is 28.5 Å². The van der Waals surface area contributed by atoms with Gasteiger partial charge in [0.05, 0.1) is 11.7 Å². The summed E-state index contributed by atoms with van der Waals surface area (Å²) in [5.74, 6) is -0.419. The quantitative estimate of drug-likeness (QED) is 0.522. The van der Waals surface area contributed by atoms with Crippen LogP contribution >= 0.6 is 0 Å². The van der Waals surface area contributed by atoms with Crippen LogP contribution in [-0.2, 0) is 0 Å². The maximum absolute atomic E-state index is 12.9. The van der Waals surface area contributed by atoms with Crippen molar-refractivity contribution in [3.63, 3.8) is 0 Å². The van der Waals surface area contributed by atoms with Gasteiger partial charge in [0.25, 0.3) is 6.10 Å². The lowest BCUT2D eigenvalue weighted by Crippen LogP contribution is -2.47. The van der Waals surface area contributed by atoms with E-state index in [1.165, 1.54) is 4.90 Å². The Morgan fingerprint density at radius 2 is 1.77 bits per heavy atom. The Hall–Kier alpha value is -3.32. The minimum Gasteiger partial charge on any atom is -0.440 e. The van der Waals surface area contributed by atoms with E-state index in [9.17, 15) is 26.3 Å². The normalized spacial score (nSPS) is 12.4. The maximum atomic E-state index is 12.9. The lowest BCUT2D eigenvalue weighted by atomic mass is 10.2.